The number of nitrogens with zero attached hydrogens (tertiary/aromatic N) is 2. The average molecular weight is 807 g/mol. The summed E-state index contributed by atoms with van der Waals surface area (Å²) >= 11 is 0. The third-order valence-electron chi connectivity index (χ3n) is 13.2. The van der Waals surface area contributed by atoms with E-state index in [9.17, 15) is 0 Å². The van der Waals surface area contributed by atoms with E-state index in [0.29, 0.717) is 11.7 Å². The van der Waals surface area contributed by atoms with Crippen molar-refractivity contribution in [1.82, 2.24) is 9.97 Å². The second kappa shape index (κ2) is 14.9. The van der Waals surface area contributed by atoms with E-state index in [2.05, 4.69) is 225 Å². The van der Waals surface area contributed by atoms with E-state index in [1.54, 1.807) is 0 Å². The lowest BCUT2D eigenvalue weighted by atomic mass is 9.61. The minimum Gasteiger partial charge on any atom is -0.456 e. The molecule has 0 amide bonds. The van der Waals surface area contributed by atoms with E-state index in [4.69, 9.17) is 14.7 Å². The molecule has 2 unspecified atom stereocenters. The van der Waals surface area contributed by atoms with Gasteiger partial charge in [0.25, 0.3) is 0 Å². The highest BCUT2D eigenvalue weighted by molar-refractivity contribution is 5.95. The van der Waals surface area contributed by atoms with Crippen molar-refractivity contribution in [1.29, 1.82) is 0 Å². The summed E-state index contributed by atoms with van der Waals surface area (Å²) in [5.41, 5.74) is 18.6. The Morgan fingerprint density at radius 2 is 0.984 bits per heavy atom. The average Bonchev–Trinajstić information content (AvgIpc) is 3.66. The lowest BCUT2D eigenvalue weighted by Crippen LogP contribution is -2.35. The van der Waals surface area contributed by atoms with E-state index < -0.39 is 5.41 Å². The molecule has 2 heterocycles. The molecule has 0 saturated carbocycles. The second-order valence-corrected chi connectivity index (χ2v) is 16.8. The summed E-state index contributed by atoms with van der Waals surface area (Å²) in [5, 5.41) is 0. The maximum absolute atomic E-state index is 7.19. The lowest BCUT2D eigenvalue weighted by Gasteiger charge is -2.43. The van der Waals surface area contributed by atoms with Gasteiger partial charge in [0.1, 0.15) is 11.5 Å². The van der Waals surface area contributed by atoms with Crippen molar-refractivity contribution < 1.29 is 4.74 Å². The molecule has 0 fully saturated rings. The first-order valence-electron chi connectivity index (χ1n) is 21.9. The number of fused-ring (bicyclic) bond motifs is 8. The molecule has 298 valence electrons. The van der Waals surface area contributed by atoms with E-state index in [-0.39, 0.29) is 0 Å². The molecule has 1 aromatic heterocycles. The molecular formula is C60H42N2O. The molecule has 1 spiro atoms. The van der Waals surface area contributed by atoms with Crippen LogP contribution in [0.3, 0.4) is 0 Å². The van der Waals surface area contributed by atoms with Gasteiger partial charge in [0, 0.05) is 33.4 Å². The number of allylic oxidation sites excluding steroid dienone is 4. The molecule has 12 rings (SSSR count). The van der Waals surface area contributed by atoms with Crippen LogP contribution < -0.4 is 4.74 Å². The molecule has 0 bridgehead atoms. The largest absolute Gasteiger partial charge is 0.456 e. The second-order valence-electron chi connectivity index (χ2n) is 16.8. The van der Waals surface area contributed by atoms with Crippen LogP contribution in [0.1, 0.15) is 35.6 Å². The van der Waals surface area contributed by atoms with Crippen molar-refractivity contribution >= 4 is 5.57 Å². The van der Waals surface area contributed by atoms with Crippen LogP contribution in [-0.4, -0.2) is 9.97 Å². The van der Waals surface area contributed by atoms with Crippen molar-refractivity contribution in [3.05, 3.63) is 246 Å². The summed E-state index contributed by atoms with van der Waals surface area (Å²) in [5.74, 6) is 2.78. The summed E-state index contributed by atoms with van der Waals surface area (Å²) in [6.45, 7) is 2.39. The molecule has 3 nitrogen and oxygen atoms in total. The third-order valence-corrected chi connectivity index (χ3v) is 13.2. The van der Waals surface area contributed by atoms with Gasteiger partial charge in [-0.2, -0.15) is 0 Å². The van der Waals surface area contributed by atoms with Gasteiger partial charge in [-0.3, -0.25) is 0 Å². The highest BCUT2D eigenvalue weighted by atomic mass is 16.5. The van der Waals surface area contributed by atoms with Crippen LogP contribution in [0.4, 0.5) is 0 Å². The Bertz CT molecular complexity index is 3210. The van der Waals surface area contributed by atoms with Gasteiger partial charge in [-0.25, -0.2) is 9.97 Å². The van der Waals surface area contributed by atoms with Gasteiger partial charge in [0.2, 0.25) is 0 Å². The Hall–Kier alpha value is -7.88. The summed E-state index contributed by atoms with van der Waals surface area (Å²) in [4.78, 5) is 10.8. The fraction of sp³-hybridized carbons (Fsp3) is 0.0667. The zero-order valence-corrected chi connectivity index (χ0v) is 34.9. The van der Waals surface area contributed by atoms with Gasteiger partial charge in [-0.1, -0.05) is 201 Å². The van der Waals surface area contributed by atoms with Crippen molar-refractivity contribution in [2.75, 3.05) is 0 Å². The number of aromatic nitrogens is 2. The smallest absolute Gasteiger partial charge is 0.160 e. The molecule has 1 aliphatic heterocycles. The molecule has 63 heavy (non-hydrogen) atoms. The quantitative estimate of drug-likeness (QED) is 0.168. The first kappa shape index (κ1) is 36.9. The highest BCUT2D eigenvalue weighted by Crippen LogP contribution is 2.65. The molecule has 0 saturated heterocycles. The zero-order chi connectivity index (χ0) is 41.9. The van der Waals surface area contributed by atoms with E-state index in [0.717, 1.165) is 79.4 Å². The van der Waals surface area contributed by atoms with Crippen LogP contribution in [0.5, 0.6) is 11.5 Å². The highest BCUT2D eigenvalue weighted by Gasteiger charge is 2.54. The van der Waals surface area contributed by atoms with Crippen molar-refractivity contribution in [3.8, 4) is 78.8 Å². The summed E-state index contributed by atoms with van der Waals surface area (Å²) in [7, 11) is 0. The number of rotatable bonds is 6. The van der Waals surface area contributed by atoms with Gasteiger partial charge in [0.15, 0.2) is 5.82 Å². The maximum atomic E-state index is 7.19. The maximum Gasteiger partial charge on any atom is 0.160 e. The summed E-state index contributed by atoms with van der Waals surface area (Å²) in [6.07, 6.45) is 5.70. The standard InChI is InChI=1S/C60H42N2O/c1-39-18-14-30-49-47-28-10-11-32-51(47)60(57(39)49)52-33-12-13-35-56(52)63-58-50(31-17-34-53(58)60)46-27-8-9-29-48(46)55-38-54(44-25-15-23-42(36-44)40-19-4-2-5-20-40)61-59(62-55)45-26-16-24-43(37-45)41-21-6-3-7-22-41/h2-17,19-39H,18H2,1H3. The molecule has 3 heteroatoms. The van der Waals surface area contributed by atoms with Gasteiger partial charge in [-0.05, 0) is 86.7 Å². The van der Waals surface area contributed by atoms with E-state index in [1.165, 1.54) is 33.4 Å². The van der Waals surface area contributed by atoms with Crippen molar-refractivity contribution in [2.24, 2.45) is 5.92 Å². The normalized spacial score (nSPS) is 16.8. The van der Waals surface area contributed by atoms with Crippen LogP contribution in [0.25, 0.3) is 72.9 Å². The Balaban J connectivity index is 1.08. The van der Waals surface area contributed by atoms with Crippen LogP contribution in [-0.2, 0) is 5.41 Å². The predicted octanol–water partition coefficient (Wildman–Crippen LogP) is 15.3. The molecule has 0 N–H and O–H groups in total. The Kier molecular flexibility index (Phi) is 8.75. The summed E-state index contributed by atoms with van der Waals surface area (Å²) < 4.78 is 7.19. The number of benzene rings is 8. The van der Waals surface area contributed by atoms with Crippen molar-refractivity contribution in [3.63, 3.8) is 0 Å². The predicted molar refractivity (Wildman–Crippen MR) is 257 cm³/mol. The molecular weight excluding hydrogens is 765 g/mol. The number of hydrogen-bond acceptors (Lipinski definition) is 3. The van der Waals surface area contributed by atoms with Crippen LogP contribution in [0.2, 0.25) is 0 Å². The number of ether oxygens (including phenoxy) is 1. The molecule has 3 aliphatic rings. The van der Waals surface area contributed by atoms with Gasteiger partial charge >= 0.3 is 0 Å². The first-order chi connectivity index (χ1) is 31.1. The van der Waals surface area contributed by atoms with Crippen LogP contribution in [0.15, 0.2) is 224 Å². The molecule has 0 radical (unpaired) electrons. The number of hydrogen-bond donors (Lipinski definition) is 0. The Morgan fingerprint density at radius 3 is 1.75 bits per heavy atom. The Morgan fingerprint density at radius 1 is 0.444 bits per heavy atom. The van der Waals surface area contributed by atoms with Crippen molar-refractivity contribution in [2.45, 2.75) is 18.8 Å². The van der Waals surface area contributed by atoms with Gasteiger partial charge in [-0.15, -0.1) is 0 Å². The SMILES string of the molecule is CC1CC=CC2=C1C1(c3ccccc3Oc3c(-c4ccccc4-c4cc(-c5cccc(-c6ccccc6)c5)nc(-c5cccc(-c6ccccc6)c5)n4)cccc31)c1ccccc12. The lowest BCUT2D eigenvalue weighted by molar-refractivity contribution is 0.426. The fourth-order valence-corrected chi connectivity index (χ4v) is 10.5. The van der Waals surface area contributed by atoms with Gasteiger partial charge < -0.3 is 4.74 Å². The molecule has 2 aliphatic carbocycles. The molecule has 9 aromatic rings. The monoisotopic (exact) mass is 806 g/mol. The van der Waals surface area contributed by atoms with Gasteiger partial charge in [0.05, 0.1) is 16.8 Å². The van der Waals surface area contributed by atoms with Crippen LogP contribution >= 0.6 is 0 Å². The summed E-state index contributed by atoms with van der Waals surface area (Å²) in [6, 6.07) is 73.5. The third kappa shape index (κ3) is 5.96. The minimum atomic E-state index is -0.506. The number of para-hydroxylation sites is 2. The first-order valence-corrected chi connectivity index (χ1v) is 21.9. The molecule has 8 aromatic carbocycles. The topological polar surface area (TPSA) is 35.0 Å². The Labute approximate surface area is 368 Å². The van der Waals surface area contributed by atoms with E-state index in [1.807, 2.05) is 0 Å². The van der Waals surface area contributed by atoms with E-state index >= 15 is 0 Å². The zero-order valence-electron chi connectivity index (χ0n) is 34.9. The molecule has 2 atom stereocenters. The van der Waals surface area contributed by atoms with Crippen LogP contribution in [0, 0.1) is 5.92 Å². The fourth-order valence-electron chi connectivity index (χ4n) is 10.5. The minimum absolute atomic E-state index is 0.339.